The van der Waals surface area contributed by atoms with Crippen LogP contribution in [0.4, 0.5) is 0 Å². The smallest absolute Gasteiger partial charge is 0.228 e. The Morgan fingerprint density at radius 3 is 2.81 bits per heavy atom. The largest absolute Gasteiger partial charge is 0.493 e. The second-order valence-electron chi connectivity index (χ2n) is 6.21. The summed E-state index contributed by atoms with van der Waals surface area (Å²) in [6.45, 7) is 5.99. The molecular formula is C19H24N2O4S. The maximum atomic E-state index is 12.6. The number of hydrogen-bond acceptors (Lipinski definition) is 6. The van der Waals surface area contributed by atoms with Crippen molar-refractivity contribution >= 4 is 17.2 Å². The van der Waals surface area contributed by atoms with Crippen molar-refractivity contribution in [3.63, 3.8) is 0 Å². The molecule has 1 unspecified atom stereocenters. The van der Waals surface area contributed by atoms with Crippen LogP contribution in [0.2, 0.25) is 0 Å². The molecule has 1 aromatic carbocycles. The van der Waals surface area contributed by atoms with Gasteiger partial charge >= 0.3 is 0 Å². The number of morpholine rings is 1. The molecule has 1 saturated heterocycles. The van der Waals surface area contributed by atoms with E-state index in [9.17, 15) is 4.79 Å². The molecule has 0 spiro atoms. The molecule has 0 radical (unpaired) electrons. The highest BCUT2D eigenvalue weighted by molar-refractivity contribution is 7.11. The van der Waals surface area contributed by atoms with Gasteiger partial charge in [-0.1, -0.05) is 12.1 Å². The summed E-state index contributed by atoms with van der Waals surface area (Å²) in [6, 6.07) is 7.50. The first kappa shape index (κ1) is 18.7. The molecule has 1 atom stereocenters. The SMILES string of the molecule is COc1ccccc1OCC1CN(C(=O)Cc2nc(C)sc2C)CCO1. The van der Waals surface area contributed by atoms with Gasteiger partial charge in [0, 0.05) is 11.4 Å². The molecule has 1 amide bonds. The number of nitrogens with zero attached hydrogens (tertiary/aromatic N) is 2. The van der Waals surface area contributed by atoms with Crippen LogP contribution >= 0.6 is 11.3 Å². The number of aryl methyl sites for hydroxylation is 2. The predicted octanol–water partition coefficient (Wildman–Crippen LogP) is 2.62. The minimum Gasteiger partial charge on any atom is -0.493 e. The summed E-state index contributed by atoms with van der Waals surface area (Å²) in [5.74, 6) is 1.45. The second-order valence-corrected chi connectivity index (χ2v) is 7.61. The molecule has 0 bridgehead atoms. The number of hydrogen-bond donors (Lipinski definition) is 0. The van der Waals surface area contributed by atoms with Crippen LogP contribution in [0.5, 0.6) is 11.5 Å². The topological polar surface area (TPSA) is 60.9 Å². The Bertz CT molecular complexity index is 762. The fraction of sp³-hybridized carbons (Fsp3) is 0.474. The molecule has 0 saturated carbocycles. The van der Waals surface area contributed by atoms with E-state index >= 15 is 0 Å². The average molecular weight is 376 g/mol. The first-order valence-electron chi connectivity index (χ1n) is 8.65. The van der Waals surface area contributed by atoms with Gasteiger partial charge in [-0.05, 0) is 26.0 Å². The summed E-state index contributed by atoms with van der Waals surface area (Å²) in [6.07, 6.45) is 0.187. The Kier molecular flexibility index (Phi) is 6.11. The quantitative estimate of drug-likeness (QED) is 0.776. The van der Waals surface area contributed by atoms with Crippen LogP contribution in [0, 0.1) is 13.8 Å². The zero-order chi connectivity index (χ0) is 18.5. The lowest BCUT2D eigenvalue weighted by molar-refractivity contribution is -0.139. The number of aromatic nitrogens is 1. The number of methoxy groups -OCH3 is 1. The van der Waals surface area contributed by atoms with Crippen molar-refractivity contribution in [1.82, 2.24) is 9.88 Å². The third-order valence-electron chi connectivity index (χ3n) is 4.30. The van der Waals surface area contributed by atoms with E-state index in [1.165, 1.54) is 0 Å². The monoisotopic (exact) mass is 376 g/mol. The molecule has 140 valence electrons. The van der Waals surface area contributed by atoms with Gasteiger partial charge in [-0.3, -0.25) is 4.79 Å². The van der Waals surface area contributed by atoms with Crippen molar-refractivity contribution in [3.05, 3.63) is 39.8 Å². The van der Waals surface area contributed by atoms with Crippen LogP contribution in [0.15, 0.2) is 24.3 Å². The first-order chi connectivity index (χ1) is 12.6. The number of thiazole rings is 1. The van der Waals surface area contributed by atoms with Gasteiger partial charge in [0.1, 0.15) is 12.7 Å². The van der Waals surface area contributed by atoms with Crippen LogP contribution in [0.3, 0.4) is 0 Å². The van der Waals surface area contributed by atoms with Crippen molar-refractivity contribution in [2.75, 3.05) is 33.4 Å². The van der Waals surface area contributed by atoms with E-state index in [1.807, 2.05) is 43.0 Å². The van der Waals surface area contributed by atoms with Crippen LogP contribution in [0.1, 0.15) is 15.6 Å². The zero-order valence-electron chi connectivity index (χ0n) is 15.4. The fourth-order valence-corrected chi connectivity index (χ4v) is 3.79. The van der Waals surface area contributed by atoms with Gasteiger partial charge in [-0.2, -0.15) is 0 Å². The Morgan fingerprint density at radius 1 is 1.35 bits per heavy atom. The highest BCUT2D eigenvalue weighted by Crippen LogP contribution is 2.26. The standard InChI is InChI=1S/C19H24N2O4S/c1-13-16(20-14(2)26-13)10-19(22)21-8-9-24-15(11-21)12-25-18-7-5-4-6-17(18)23-3/h4-7,15H,8-12H2,1-3H3. The lowest BCUT2D eigenvalue weighted by Crippen LogP contribution is -2.48. The van der Waals surface area contributed by atoms with Crippen molar-refractivity contribution in [3.8, 4) is 11.5 Å². The van der Waals surface area contributed by atoms with E-state index in [4.69, 9.17) is 14.2 Å². The Labute approximate surface area is 157 Å². The number of para-hydroxylation sites is 2. The molecule has 0 aliphatic carbocycles. The van der Waals surface area contributed by atoms with Gasteiger partial charge in [0.25, 0.3) is 0 Å². The normalized spacial score (nSPS) is 17.2. The zero-order valence-corrected chi connectivity index (χ0v) is 16.2. The molecule has 1 fully saturated rings. The van der Waals surface area contributed by atoms with Crippen LogP contribution in [-0.4, -0.2) is 55.3 Å². The highest BCUT2D eigenvalue weighted by Gasteiger charge is 2.26. The molecule has 26 heavy (non-hydrogen) atoms. The molecule has 6 nitrogen and oxygen atoms in total. The molecule has 1 aliphatic rings. The Hall–Kier alpha value is -2.12. The van der Waals surface area contributed by atoms with E-state index in [2.05, 4.69) is 4.98 Å². The number of rotatable bonds is 6. The molecule has 0 N–H and O–H groups in total. The Morgan fingerprint density at radius 2 is 2.12 bits per heavy atom. The summed E-state index contributed by atoms with van der Waals surface area (Å²) in [5, 5.41) is 0.996. The summed E-state index contributed by atoms with van der Waals surface area (Å²) >= 11 is 1.63. The minimum atomic E-state index is -0.157. The van der Waals surface area contributed by atoms with Crippen LogP contribution < -0.4 is 9.47 Å². The number of benzene rings is 1. The van der Waals surface area contributed by atoms with Gasteiger partial charge in [0.15, 0.2) is 11.5 Å². The maximum absolute atomic E-state index is 12.6. The molecular weight excluding hydrogens is 352 g/mol. The van der Waals surface area contributed by atoms with Crippen LogP contribution in [-0.2, 0) is 16.0 Å². The Balaban J connectivity index is 1.55. The van der Waals surface area contributed by atoms with Crippen molar-refractivity contribution in [2.45, 2.75) is 26.4 Å². The van der Waals surface area contributed by atoms with Gasteiger partial charge in [0.05, 0.1) is 37.4 Å². The van der Waals surface area contributed by atoms with Gasteiger partial charge in [0.2, 0.25) is 5.91 Å². The molecule has 1 aromatic heterocycles. The van der Waals surface area contributed by atoms with Crippen molar-refractivity contribution < 1.29 is 19.0 Å². The minimum absolute atomic E-state index is 0.0870. The van der Waals surface area contributed by atoms with Gasteiger partial charge < -0.3 is 19.1 Å². The first-order valence-corrected chi connectivity index (χ1v) is 9.46. The van der Waals surface area contributed by atoms with Gasteiger partial charge in [-0.15, -0.1) is 11.3 Å². The summed E-state index contributed by atoms with van der Waals surface area (Å²) in [7, 11) is 1.61. The highest BCUT2D eigenvalue weighted by atomic mass is 32.1. The third-order valence-corrected chi connectivity index (χ3v) is 5.23. The predicted molar refractivity (Wildman–Crippen MR) is 100 cm³/mol. The number of ether oxygens (including phenoxy) is 3. The summed E-state index contributed by atoms with van der Waals surface area (Å²) in [5.41, 5.74) is 0.880. The number of amides is 1. The number of carbonyl (C=O) groups is 1. The maximum Gasteiger partial charge on any atom is 0.228 e. The molecule has 3 rings (SSSR count). The van der Waals surface area contributed by atoms with Crippen molar-refractivity contribution in [2.24, 2.45) is 0 Å². The summed E-state index contributed by atoms with van der Waals surface area (Å²) < 4.78 is 16.9. The molecule has 1 aliphatic heterocycles. The molecule has 2 aromatic rings. The lowest BCUT2D eigenvalue weighted by Gasteiger charge is -2.33. The van der Waals surface area contributed by atoms with Crippen LogP contribution in [0.25, 0.3) is 0 Å². The number of carbonyl (C=O) groups excluding carboxylic acids is 1. The lowest BCUT2D eigenvalue weighted by atomic mass is 10.2. The third kappa shape index (κ3) is 4.53. The molecule has 2 heterocycles. The van der Waals surface area contributed by atoms with E-state index in [1.54, 1.807) is 18.4 Å². The summed E-state index contributed by atoms with van der Waals surface area (Å²) in [4.78, 5) is 20.0. The van der Waals surface area contributed by atoms with Crippen molar-refractivity contribution in [1.29, 1.82) is 0 Å². The average Bonchev–Trinajstić information content (AvgIpc) is 2.97. The van der Waals surface area contributed by atoms with E-state index in [0.29, 0.717) is 44.2 Å². The molecule has 7 heteroatoms. The fourth-order valence-electron chi connectivity index (χ4n) is 2.96. The van der Waals surface area contributed by atoms with Gasteiger partial charge in [-0.25, -0.2) is 4.98 Å². The second kappa shape index (κ2) is 8.51. The van der Waals surface area contributed by atoms with E-state index < -0.39 is 0 Å². The van der Waals surface area contributed by atoms with E-state index in [0.717, 1.165) is 15.6 Å². The van der Waals surface area contributed by atoms with E-state index in [-0.39, 0.29) is 12.0 Å².